The van der Waals surface area contributed by atoms with Crippen LogP contribution >= 0.6 is 0 Å². The molecule has 0 radical (unpaired) electrons. The fourth-order valence-electron chi connectivity index (χ4n) is 4.13. The molecule has 2 aliphatic rings. The molecule has 0 atom stereocenters. The van der Waals surface area contributed by atoms with Gasteiger partial charge in [-0.1, -0.05) is 25.5 Å². The Labute approximate surface area is 153 Å². The SMILES string of the molecule is CCC1CCN(CC2(Cc3cccc(S(=O)(=O)C(C)C)c3)CC2)CC1. The Balaban J connectivity index is 1.64. The van der Waals surface area contributed by atoms with Crippen molar-refractivity contribution in [2.45, 2.75) is 69.4 Å². The van der Waals surface area contributed by atoms with E-state index in [1.807, 2.05) is 12.1 Å². The molecule has 2 fully saturated rings. The lowest BCUT2D eigenvalue weighted by Crippen LogP contribution is -2.38. The zero-order valence-corrected chi connectivity index (χ0v) is 16.8. The highest BCUT2D eigenvalue weighted by Crippen LogP contribution is 2.49. The molecule has 1 saturated heterocycles. The van der Waals surface area contributed by atoms with Crippen LogP contribution in [0.1, 0.15) is 58.4 Å². The first-order valence-corrected chi connectivity index (χ1v) is 11.4. The van der Waals surface area contributed by atoms with E-state index >= 15 is 0 Å². The maximum absolute atomic E-state index is 12.4. The van der Waals surface area contributed by atoms with Gasteiger partial charge in [0.25, 0.3) is 0 Å². The highest BCUT2D eigenvalue weighted by atomic mass is 32.2. The standard InChI is InChI=1S/C21H33NO2S/c1-4-18-8-12-22(13-9-18)16-21(10-11-21)15-19-6-5-7-20(14-19)25(23,24)17(2)3/h5-7,14,17-18H,4,8-13,15-16H2,1-3H3. The van der Waals surface area contributed by atoms with Gasteiger partial charge in [-0.25, -0.2) is 8.42 Å². The zero-order chi connectivity index (χ0) is 18.1. The van der Waals surface area contributed by atoms with Crippen LogP contribution in [0.2, 0.25) is 0 Å². The van der Waals surface area contributed by atoms with Crippen molar-refractivity contribution in [2.75, 3.05) is 19.6 Å². The van der Waals surface area contributed by atoms with Gasteiger partial charge in [0.2, 0.25) is 0 Å². The van der Waals surface area contributed by atoms with Gasteiger partial charge in [0.15, 0.2) is 9.84 Å². The van der Waals surface area contributed by atoms with Crippen molar-refractivity contribution >= 4 is 9.84 Å². The summed E-state index contributed by atoms with van der Waals surface area (Å²) in [5, 5.41) is -0.363. The second-order valence-electron chi connectivity index (χ2n) is 8.55. The zero-order valence-electron chi connectivity index (χ0n) is 16.0. The number of rotatable bonds is 7. The molecule has 0 N–H and O–H groups in total. The van der Waals surface area contributed by atoms with E-state index in [0.717, 1.165) is 12.3 Å². The van der Waals surface area contributed by atoms with E-state index in [0.29, 0.717) is 10.3 Å². The number of piperidine rings is 1. The molecule has 3 rings (SSSR count). The summed E-state index contributed by atoms with van der Waals surface area (Å²) < 4.78 is 24.9. The van der Waals surface area contributed by atoms with Gasteiger partial charge in [-0.3, -0.25) is 0 Å². The lowest BCUT2D eigenvalue weighted by Gasteiger charge is -2.34. The predicted octanol–water partition coefficient (Wildman–Crippen LogP) is 4.31. The van der Waals surface area contributed by atoms with Crippen LogP contribution in [0.25, 0.3) is 0 Å². The molecule has 1 aliphatic carbocycles. The molecule has 1 heterocycles. The molecule has 1 aliphatic heterocycles. The summed E-state index contributed by atoms with van der Waals surface area (Å²) in [5.41, 5.74) is 1.57. The lowest BCUT2D eigenvalue weighted by molar-refractivity contribution is 0.151. The number of hydrogen-bond donors (Lipinski definition) is 0. The van der Waals surface area contributed by atoms with Gasteiger partial charge in [-0.15, -0.1) is 0 Å². The van der Waals surface area contributed by atoms with Crippen molar-refractivity contribution in [3.8, 4) is 0 Å². The van der Waals surface area contributed by atoms with Crippen LogP contribution in [-0.2, 0) is 16.3 Å². The van der Waals surface area contributed by atoms with Crippen LogP contribution in [0, 0.1) is 11.3 Å². The van der Waals surface area contributed by atoms with Crippen LogP contribution < -0.4 is 0 Å². The quantitative estimate of drug-likeness (QED) is 0.724. The average Bonchev–Trinajstić information content (AvgIpc) is 3.34. The van der Waals surface area contributed by atoms with Gasteiger partial charge in [-0.2, -0.15) is 0 Å². The Bertz CT molecular complexity index is 684. The summed E-state index contributed by atoms with van der Waals surface area (Å²) in [6.07, 6.45) is 7.57. The van der Waals surface area contributed by atoms with E-state index in [1.165, 1.54) is 57.3 Å². The molecular formula is C21H33NO2S. The van der Waals surface area contributed by atoms with Gasteiger partial charge in [0, 0.05) is 6.54 Å². The van der Waals surface area contributed by atoms with Crippen LogP contribution in [0.15, 0.2) is 29.2 Å². The third kappa shape index (κ3) is 4.46. The Morgan fingerprint density at radius 3 is 2.44 bits per heavy atom. The highest BCUT2D eigenvalue weighted by Gasteiger charge is 2.44. The van der Waals surface area contributed by atoms with E-state index in [2.05, 4.69) is 17.9 Å². The lowest BCUT2D eigenvalue weighted by atomic mass is 9.91. The second kappa shape index (κ2) is 7.40. The molecule has 140 valence electrons. The molecule has 1 aromatic carbocycles. The van der Waals surface area contributed by atoms with Gasteiger partial charge in [0.1, 0.15) is 0 Å². The number of hydrogen-bond acceptors (Lipinski definition) is 3. The van der Waals surface area contributed by atoms with Gasteiger partial charge in [-0.05, 0) is 88.1 Å². The monoisotopic (exact) mass is 363 g/mol. The van der Waals surface area contributed by atoms with E-state index in [1.54, 1.807) is 19.9 Å². The minimum atomic E-state index is -3.18. The maximum Gasteiger partial charge on any atom is 0.180 e. The fourth-order valence-corrected chi connectivity index (χ4v) is 5.26. The normalized spacial score (nSPS) is 21.6. The van der Waals surface area contributed by atoms with E-state index in [-0.39, 0.29) is 5.25 Å². The number of likely N-dealkylation sites (tertiary alicyclic amines) is 1. The Morgan fingerprint density at radius 1 is 1.20 bits per heavy atom. The van der Waals surface area contributed by atoms with Crippen LogP contribution in [0.5, 0.6) is 0 Å². The minimum Gasteiger partial charge on any atom is -0.303 e. The molecule has 1 aromatic rings. The van der Waals surface area contributed by atoms with Crippen LogP contribution in [-0.4, -0.2) is 38.2 Å². The fraction of sp³-hybridized carbons (Fsp3) is 0.714. The molecule has 0 amide bonds. The van der Waals surface area contributed by atoms with Crippen molar-refractivity contribution in [2.24, 2.45) is 11.3 Å². The first-order chi connectivity index (χ1) is 11.8. The van der Waals surface area contributed by atoms with Crippen molar-refractivity contribution in [1.82, 2.24) is 4.90 Å². The third-order valence-corrected chi connectivity index (χ3v) is 8.38. The first kappa shape index (κ1) is 18.9. The third-order valence-electron chi connectivity index (χ3n) is 6.23. The second-order valence-corrected chi connectivity index (χ2v) is 11.0. The van der Waals surface area contributed by atoms with Crippen molar-refractivity contribution in [3.05, 3.63) is 29.8 Å². The molecular weight excluding hydrogens is 330 g/mol. The molecule has 0 aromatic heterocycles. The minimum absolute atomic E-state index is 0.363. The average molecular weight is 364 g/mol. The van der Waals surface area contributed by atoms with E-state index < -0.39 is 9.84 Å². The Hall–Kier alpha value is -0.870. The molecule has 0 bridgehead atoms. The Morgan fingerprint density at radius 2 is 1.88 bits per heavy atom. The summed E-state index contributed by atoms with van der Waals surface area (Å²) in [4.78, 5) is 3.13. The van der Waals surface area contributed by atoms with Crippen molar-refractivity contribution in [3.63, 3.8) is 0 Å². The number of nitrogens with zero attached hydrogens (tertiary/aromatic N) is 1. The van der Waals surface area contributed by atoms with Gasteiger partial charge >= 0.3 is 0 Å². The molecule has 25 heavy (non-hydrogen) atoms. The first-order valence-electron chi connectivity index (χ1n) is 9.90. The van der Waals surface area contributed by atoms with Crippen molar-refractivity contribution < 1.29 is 8.42 Å². The smallest absolute Gasteiger partial charge is 0.180 e. The summed E-state index contributed by atoms with van der Waals surface area (Å²) in [7, 11) is -3.18. The summed E-state index contributed by atoms with van der Waals surface area (Å²) in [6, 6.07) is 7.67. The summed E-state index contributed by atoms with van der Waals surface area (Å²) >= 11 is 0. The van der Waals surface area contributed by atoms with E-state index in [9.17, 15) is 8.42 Å². The predicted molar refractivity (Wildman–Crippen MR) is 104 cm³/mol. The maximum atomic E-state index is 12.4. The van der Waals surface area contributed by atoms with Gasteiger partial charge < -0.3 is 4.90 Å². The van der Waals surface area contributed by atoms with Crippen LogP contribution in [0.3, 0.4) is 0 Å². The molecule has 0 spiro atoms. The molecule has 3 nitrogen and oxygen atoms in total. The summed E-state index contributed by atoms with van der Waals surface area (Å²) in [6.45, 7) is 9.48. The highest BCUT2D eigenvalue weighted by molar-refractivity contribution is 7.92. The van der Waals surface area contributed by atoms with Gasteiger partial charge in [0.05, 0.1) is 10.1 Å². The topological polar surface area (TPSA) is 37.4 Å². The largest absolute Gasteiger partial charge is 0.303 e. The molecule has 1 saturated carbocycles. The Kier molecular flexibility index (Phi) is 5.60. The number of sulfone groups is 1. The number of benzene rings is 1. The summed E-state index contributed by atoms with van der Waals surface area (Å²) in [5.74, 6) is 0.921. The van der Waals surface area contributed by atoms with E-state index in [4.69, 9.17) is 0 Å². The molecule has 4 heteroatoms. The molecule has 0 unspecified atom stereocenters. The van der Waals surface area contributed by atoms with Crippen molar-refractivity contribution in [1.29, 1.82) is 0 Å². The van der Waals surface area contributed by atoms with Crippen LogP contribution in [0.4, 0.5) is 0 Å².